The van der Waals surface area contributed by atoms with E-state index >= 15 is 0 Å². The number of amides is 1. The number of carbonyl (C=O) groups excluding carboxylic acids is 1. The second-order valence-electron chi connectivity index (χ2n) is 6.61. The van der Waals surface area contributed by atoms with Crippen LogP contribution in [0.1, 0.15) is 19.3 Å². The zero-order valence-electron chi connectivity index (χ0n) is 16.9. The first-order chi connectivity index (χ1) is 14.7. The van der Waals surface area contributed by atoms with E-state index in [0.29, 0.717) is 30.4 Å². The number of hydrogen-bond acceptors (Lipinski definition) is 5. The van der Waals surface area contributed by atoms with Gasteiger partial charge in [-0.05, 0) is 37.1 Å². The highest BCUT2D eigenvalue weighted by Gasteiger charge is 2.17. The van der Waals surface area contributed by atoms with Gasteiger partial charge in [0.25, 0.3) is 0 Å². The molecule has 8 heteroatoms. The lowest BCUT2D eigenvalue weighted by molar-refractivity contribution is -0.121. The molecule has 6 nitrogen and oxygen atoms in total. The van der Waals surface area contributed by atoms with Crippen LogP contribution >= 0.6 is 23.4 Å². The monoisotopic (exact) mass is 444 g/mol. The first kappa shape index (κ1) is 22.3. The Morgan fingerprint density at radius 1 is 1.10 bits per heavy atom. The third-order valence-corrected chi connectivity index (χ3v) is 5.73. The van der Waals surface area contributed by atoms with Crippen LogP contribution < -0.4 is 5.32 Å². The van der Waals surface area contributed by atoms with Crippen molar-refractivity contribution < 1.29 is 9.53 Å². The highest BCUT2D eigenvalue weighted by molar-refractivity contribution is 7.99. The Labute approximate surface area is 186 Å². The maximum Gasteiger partial charge on any atom is 0.220 e. The molecule has 3 aromatic rings. The molecule has 2 aromatic carbocycles. The number of rotatable bonds is 11. The molecular weight excluding hydrogens is 420 g/mol. The second-order valence-corrected chi connectivity index (χ2v) is 8.07. The maximum absolute atomic E-state index is 11.9. The second kappa shape index (κ2) is 11.7. The van der Waals surface area contributed by atoms with Gasteiger partial charge in [-0.2, -0.15) is 0 Å². The summed E-state index contributed by atoms with van der Waals surface area (Å²) in [6, 6.07) is 17.6. The van der Waals surface area contributed by atoms with Crippen LogP contribution in [0.15, 0.2) is 59.8 Å². The molecule has 0 saturated heterocycles. The van der Waals surface area contributed by atoms with Crippen molar-refractivity contribution in [2.75, 3.05) is 26.0 Å². The lowest BCUT2D eigenvalue weighted by Gasteiger charge is -2.11. The van der Waals surface area contributed by atoms with Gasteiger partial charge in [0, 0.05) is 43.7 Å². The summed E-state index contributed by atoms with van der Waals surface area (Å²) < 4.78 is 6.99. The normalized spacial score (nSPS) is 10.9. The number of benzene rings is 2. The minimum atomic E-state index is 0.0629. The SMILES string of the molecule is COCCCNC(=O)CCCSc1nnc(-c2ccccc2Cl)n1-c1ccccc1. The van der Waals surface area contributed by atoms with Gasteiger partial charge < -0.3 is 10.1 Å². The Balaban J connectivity index is 1.67. The van der Waals surface area contributed by atoms with Crippen LogP contribution in [0.25, 0.3) is 17.1 Å². The Morgan fingerprint density at radius 3 is 2.63 bits per heavy atom. The molecule has 3 rings (SSSR count). The Hall–Kier alpha value is -2.35. The molecule has 158 valence electrons. The first-order valence-electron chi connectivity index (χ1n) is 9.85. The fraction of sp³-hybridized carbons (Fsp3) is 0.318. The molecule has 0 unspecified atom stereocenters. The minimum absolute atomic E-state index is 0.0629. The molecule has 0 fully saturated rings. The smallest absolute Gasteiger partial charge is 0.220 e. The van der Waals surface area contributed by atoms with E-state index in [2.05, 4.69) is 15.5 Å². The van der Waals surface area contributed by atoms with Gasteiger partial charge in [-0.15, -0.1) is 10.2 Å². The zero-order chi connectivity index (χ0) is 21.2. The van der Waals surface area contributed by atoms with E-state index in [4.69, 9.17) is 16.3 Å². The maximum atomic E-state index is 11.9. The predicted octanol–water partition coefficient (Wildman–Crippen LogP) is 4.61. The molecule has 0 aliphatic carbocycles. The van der Waals surface area contributed by atoms with Crippen molar-refractivity contribution in [2.45, 2.75) is 24.4 Å². The molecule has 1 heterocycles. The zero-order valence-corrected chi connectivity index (χ0v) is 18.5. The Bertz CT molecular complexity index is 949. The Morgan fingerprint density at radius 2 is 1.87 bits per heavy atom. The number of methoxy groups -OCH3 is 1. The van der Waals surface area contributed by atoms with E-state index < -0.39 is 0 Å². The number of para-hydroxylation sites is 1. The number of thioether (sulfide) groups is 1. The largest absolute Gasteiger partial charge is 0.385 e. The molecule has 0 aliphatic heterocycles. The molecule has 0 radical (unpaired) electrons. The molecular formula is C22H25ClN4O2S. The summed E-state index contributed by atoms with van der Waals surface area (Å²) >= 11 is 7.99. The van der Waals surface area contributed by atoms with Crippen LogP contribution in [-0.4, -0.2) is 46.7 Å². The van der Waals surface area contributed by atoms with Gasteiger partial charge in [-0.1, -0.05) is 53.7 Å². The number of nitrogens with one attached hydrogen (secondary N) is 1. The van der Waals surface area contributed by atoms with Crippen molar-refractivity contribution in [3.8, 4) is 17.1 Å². The lowest BCUT2D eigenvalue weighted by atomic mass is 10.2. The van der Waals surface area contributed by atoms with Crippen molar-refractivity contribution >= 4 is 29.3 Å². The van der Waals surface area contributed by atoms with Crippen molar-refractivity contribution in [3.05, 3.63) is 59.6 Å². The molecule has 1 amide bonds. The summed E-state index contributed by atoms with van der Waals surface area (Å²) in [4.78, 5) is 11.9. The number of aromatic nitrogens is 3. The van der Waals surface area contributed by atoms with E-state index in [1.165, 1.54) is 0 Å². The van der Waals surface area contributed by atoms with E-state index in [9.17, 15) is 4.79 Å². The standard InChI is InChI=1S/C22H25ClN4O2S/c1-29-15-8-14-24-20(28)13-7-16-30-22-26-25-21(18-11-5-6-12-19(18)23)27(22)17-9-3-2-4-10-17/h2-6,9-12H,7-8,13-16H2,1H3,(H,24,28). The highest BCUT2D eigenvalue weighted by atomic mass is 35.5. The van der Waals surface area contributed by atoms with E-state index in [-0.39, 0.29) is 5.91 Å². The van der Waals surface area contributed by atoms with Crippen molar-refractivity contribution in [1.29, 1.82) is 0 Å². The van der Waals surface area contributed by atoms with Crippen LogP contribution in [0.3, 0.4) is 0 Å². The molecule has 0 bridgehead atoms. The number of halogens is 1. The topological polar surface area (TPSA) is 69.0 Å². The van der Waals surface area contributed by atoms with Crippen molar-refractivity contribution in [3.63, 3.8) is 0 Å². The summed E-state index contributed by atoms with van der Waals surface area (Å²) in [5.74, 6) is 1.53. The van der Waals surface area contributed by atoms with Gasteiger partial charge in [0.1, 0.15) is 0 Å². The molecule has 0 saturated carbocycles. The number of nitrogens with zero attached hydrogens (tertiary/aromatic N) is 3. The number of ether oxygens (including phenoxy) is 1. The van der Waals surface area contributed by atoms with Gasteiger partial charge in [0.2, 0.25) is 5.91 Å². The molecule has 30 heavy (non-hydrogen) atoms. The van der Waals surface area contributed by atoms with Gasteiger partial charge in [0.15, 0.2) is 11.0 Å². The van der Waals surface area contributed by atoms with Crippen LogP contribution in [0.5, 0.6) is 0 Å². The summed E-state index contributed by atoms with van der Waals surface area (Å²) in [7, 11) is 1.66. The fourth-order valence-corrected chi connectivity index (χ4v) is 4.03. The fourth-order valence-electron chi connectivity index (χ4n) is 2.92. The van der Waals surface area contributed by atoms with Crippen molar-refractivity contribution in [1.82, 2.24) is 20.1 Å². The van der Waals surface area contributed by atoms with Crippen LogP contribution in [0, 0.1) is 0 Å². The van der Waals surface area contributed by atoms with Crippen LogP contribution in [-0.2, 0) is 9.53 Å². The van der Waals surface area contributed by atoms with Gasteiger partial charge in [-0.3, -0.25) is 9.36 Å². The average Bonchev–Trinajstić information content (AvgIpc) is 3.19. The van der Waals surface area contributed by atoms with Crippen molar-refractivity contribution in [2.24, 2.45) is 0 Å². The van der Waals surface area contributed by atoms with E-state index in [1.807, 2.05) is 59.2 Å². The molecule has 0 spiro atoms. The Kier molecular flexibility index (Phi) is 8.74. The third kappa shape index (κ3) is 6.08. The summed E-state index contributed by atoms with van der Waals surface area (Å²) in [6.45, 7) is 1.29. The summed E-state index contributed by atoms with van der Waals surface area (Å²) in [6.07, 6.45) is 2.06. The molecule has 1 N–H and O–H groups in total. The number of carbonyl (C=O) groups is 1. The van der Waals surface area contributed by atoms with E-state index in [0.717, 1.165) is 35.0 Å². The lowest BCUT2D eigenvalue weighted by Crippen LogP contribution is -2.24. The highest BCUT2D eigenvalue weighted by Crippen LogP contribution is 2.32. The van der Waals surface area contributed by atoms with E-state index in [1.54, 1.807) is 18.9 Å². The van der Waals surface area contributed by atoms with Gasteiger partial charge in [0.05, 0.1) is 5.02 Å². The number of hydrogen-bond donors (Lipinski definition) is 1. The first-order valence-corrected chi connectivity index (χ1v) is 11.2. The summed E-state index contributed by atoms with van der Waals surface area (Å²) in [5, 5.41) is 13.1. The predicted molar refractivity (Wildman–Crippen MR) is 121 cm³/mol. The molecule has 0 aliphatic rings. The van der Waals surface area contributed by atoms with Crippen LogP contribution in [0.4, 0.5) is 0 Å². The molecule has 1 aromatic heterocycles. The molecule has 0 atom stereocenters. The summed E-state index contributed by atoms with van der Waals surface area (Å²) in [5.41, 5.74) is 1.80. The quantitative estimate of drug-likeness (QED) is 0.345. The van der Waals surface area contributed by atoms with Gasteiger partial charge in [-0.25, -0.2) is 0 Å². The average molecular weight is 445 g/mol. The minimum Gasteiger partial charge on any atom is -0.385 e. The van der Waals surface area contributed by atoms with Gasteiger partial charge >= 0.3 is 0 Å². The van der Waals surface area contributed by atoms with Crippen LogP contribution in [0.2, 0.25) is 5.02 Å². The third-order valence-electron chi connectivity index (χ3n) is 4.39.